The maximum atomic E-state index is 12.2. The topological polar surface area (TPSA) is 130 Å². The van der Waals surface area contributed by atoms with Crippen LogP contribution in [0.2, 0.25) is 0 Å². The maximum absolute atomic E-state index is 12.2. The molecule has 0 saturated carbocycles. The Morgan fingerprint density at radius 1 is 1.04 bits per heavy atom. The third kappa shape index (κ3) is 4.01. The van der Waals surface area contributed by atoms with E-state index >= 15 is 0 Å². The standard InChI is InChI=1S/C17H15N5O4/c23-14(7-9-22-10-8-15(24)19-17(22)26)18-12-4-2-1-3-11(12)13-5-6-16(25)21-20-13/h1-6,8,10H,7,9H2,(H,18,23)(H,21,25)(H,19,24,26). The van der Waals surface area contributed by atoms with Crippen LogP contribution < -0.4 is 22.1 Å². The molecule has 132 valence electrons. The number of aromatic nitrogens is 4. The largest absolute Gasteiger partial charge is 0.328 e. The second kappa shape index (κ2) is 7.43. The molecule has 2 aromatic heterocycles. The van der Waals surface area contributed by atoms with Crippen molar-refractivity contribution in [2.45, 2.75) is 13.0 Å². The number of hydrogen-bond acceptors (Lipinski definition) is 5. The van der Waals surface area contributed by atoms with Crippen molar-refractivity contribution in [3.8, 4) is 11.3 Å². The van der Waals surface area contributed by atoms with Crippen LogP contribution in [-0.4, -0.2) is 25.7 Å². The van der Waals surface area contributed by atoms with Crippen molar-refractivity contribution in [1.82, 2.24) is 19.7 Å². The van der Waals surface area contributed by atoms with Gasteiger partial charge in [0.05, 0.1) is 11.4 Å². The van der Waals surface area contributed by atoms with Crippen LogP contribution in [0.25, 0.3) is 11.3 Å². The van der Waals surface area contributed by atoms with Crippen LogP contribution in [0.3, 0.4) is 0 Å². The van der Waals surface area contributed by atoms with Gasteiger partial charge in [-0.25, -0.2) is 9.89 Å². The Morgan fingerprint density at radius 2 is 1.85 bits per heavy atom. The van der Waals surface area contributed by atoms with E-state index < -0.39 is 11.2 Å². The summed E-state index contributed by atoms with van der Waals surface area (Å²) in [5.74, 6) is -0.306. The van der Waals surface area contributed by atoms with Gasteiger partial charge in [-0.1, -0.05) is 18.2 Å². The number of nitrogens with one attached hydrogen (secondary N) is 3. The van der Waals surface area contributed by atoms with Gasteiger partial charge in [0.1, 0.15) is 0 Å². The molecule has 9 nitrogen and oxygen atoms in total. The molecule has 0 aliphatic rings. The minimum atomic E-state index is -0.567. The van der Waals surface area contributed by atoms with Crippen molar-refractivity contribution in [1.29, 1.82) is 0 Å². The fourth-order valence-corrected chi connectivity index (χ4v) is 2.36. The van der Waals surface area contributed by atoms with Crippen molar-refractivity contribution >= 4 is 11.6 Å². The van der Waals surface area contributed by atoms with E-state index in [2.05, 4.69) is 20.5 Å². The van der Waals surface area contributed by atoms with Gasteiger partial charge in [0.15, 0.2) is 0 Å². The molecular formula is C17H15N5O4. The summed E-state index contributed by atoms with van der Waals surface area (Å²) in [7, 11) is 0. The molecule has 2 heterocycles. The lowest BCUT2D eigenvalue weighted by Crippen LogP contribution is -2.29. The van der Waals surface area contributed by atoms with E-state index in [1.165, 1.54) is 22.9 Å². The minimum Gasteiger partial charge on any atom is -0.325 e. The van der Waals surface area contributed by atoms with E-state index in [0.29, 0.717) is 16.9 Å². The average Bonchev–Trinajstić information content (AvgIpc) is 2.62. The summed E-state index contributed by atoms with van der Waals surface area (Å²) in [5, 5.41) is 9.08. The number of carbonyl (C=O) groups excluding carboxylic acids is 1. The molecule has 0 spiro atoms. The molecule has 26 heavy (non-hydrogen) atoms. The van der Waals surface area contributed by atoms with Crippen LogP contribution >= 0.6 is 0 Å². The maximum Gasteiger partial charge on any atom is 0.328 e. The summed E-state index contributed by atoms with van der Waals surface area (Å²) in [4.78, 5) is 48.2. The third-order valence-corrected chi connectivity index (χ3v) is 3.63. The van der Waals surface area contributed by atoms with E-state index in [9.17, 15) is 19.2 Å². The summed E-state index contributed by atoms with van der Waals surface area (Å²) < 4.78 is 1.25. The number of H-pyrrole nitrogens is 2. The summed E-state index contributed by atoms with van der Waals surface area (Å²) in [6.45, 7) is 0.126. The van der Waals surface area contributed by atoms with E-state index in [1.807, 2.05) is 0 Å². The van der Waals surface area contributed by atoms with Gasteiger partial charge >= 0.3 is 5.69 Å². The summed E-state index contributed by atoms with van der Waals surface area (Å²) in [6.07, 6.45) is 1.38. The lowest BCUT2D eigenvalue weighted by molar-refractivity contribution is -0.116. The SMILES string of the molecule is O=C(CCn1ccc(=O)[nH]c1=O)Nc1ccccc1-c1ccc(=O)[nH]n1. The lowest BCUT2D eigenvalue weighted by atomic mass is 10.1. The number of benzene rings is 1. The van der Waals surface area contributed by atoms with Crippen molar-refractivity contribution in [2.24, 2.45) is 0 Å². The Bertz CT molecular complexity index is 1090. The molecule has 0 radical (unpaired) electrons. The van der Waals surface area contributed by atoms with Crippen LogP contribution in [0, 0.1) is 0 Å². The lowest BCUT2D eigenvalue weighted by Gasteiger charge is -2.11. The summed E-state index contributed by atoms with van der Waals surface area (Å²) in [6, 6.07) is 11.2. The van der Waals surface area contributed by atoms with Gasteiger partial charge in [-0.3, -0.25) is 19.4 Å². The molecule has 0 atom stereocenters. The second-order valence-corrected chi connectivity index (χ2v) is 5.45. The molecule has 1 amide bonds. The fraction of sp³-hybridized carbons (Fsp3) is 0.118. The van der Waals surface area contributed by atoms with E-state index in [-0.39, 0.29) is 24.4 Å². The number of para-hydroxylation sites is 1. The monoisotopic (exact) mass is 353 g/mol. The third-order valence-electron chi connectivity index (χ3n) is 3.63. The van der Waals surface area contributed by atoms with E-state index in [1.54, 1.807) is 30.3 Å². The zero-order chi connectivity index (χ0) is 18.5. The molecule has 1 aromatic carbocycles. The average molecular weight is 353 g/mol. The van der Waals surface area contributed by atoms with Gasteiger partial charge in [0.25, 0.3) is 11.1 Å². The van der Waals surface area contributed by atoms with Crippen LogP contribution in [0.4, 0.5) is 5.69 Å². The van der Waals surface area contributed by atoms with Crippen molar-refractivity contribution in [3.05, 3.63) is 79.9 Å². The Labute approximate surface area is 146 Å². The normalized spacial score (nSPS) is 10.5. The number of hydrogen-bond donors (Lipinski definition) is 3. The molecule has 0 aliphatic heterocycles. The molecule has 0 unspecified atom stereocenters. The van der Waals surface area contributed by atoms with Crippen LogP contribution in [0.15, 0.2) is 63.0 Å². The summed E-state index contributed by atoms with van der Waals surface area (Å²) in [5.41, 5.74) is 0.323. The zero-order valence-corrected chi connectivity index (χ0v) is 13.6. The first kappa shape index (κ1) is 17.1. The predicted octanol–water partition coefficient (Wildman–Crippen LogP) is 0.316. The Kier molecular flexibility index (Phi) is 4.88. The zero-order valence-electron chi connectivity index (χ0n) is 13.6. The number of aryl methyl sites for hydroxylation is 1. The number of anilines is 1. The highest BCUT2D eigenvalue weighted by Gasteiger charge is 2.10. The van der Waals surface area contributed by atoms with Crippen molar-refractivity contribution in [3.63, 3.8) is 0 Å². The first-order valence-electron chi connectivity index (χ1n) is 7.78. The van der Waals surface area contributed by atoms with Crippen LogP contribution in [-0.2, 0) is 11.3 Å². The second-order valence-electron chi connectivity index (χ2n) is 5.45. The number of aromatic amines is 2. The fourth-order valence-electron chi connectivity index (χ4n) is 2.36. The van der Waals surface area contributed by atoms with E-state index in [4.69, 9.17) is 0 Å². The van der Waals surface area contributed by atoms with E-state index in [0.717, 1.165) is 0 Å². The first-order valence-corrected chi connectivity index (χ1v) is 7.78. The molecule has 3 rings (SSSR count). The molecule has 3 aromatic rings. The predicted molar refractivity (Wildman–Crippen MR) is 94.9 cm³/mol. The van der Waals surface area contributed by atoms with Crippen molar-refractivity contribution < 1.29 is 4.79 Å². The van der Waals surface area contributed by atoms with Gasteiger partial charge in [-0.2, -0.15) is 5.10 Å². The Morgan fingerprint density at radius 3 is 2.58 bits per heavy atom. The first-order chi connectivity index (χ1) is 12.5. The Balaban J connectivity index is 1.73. The number of amides is 1. The molecule has 0 bridgehead atoms. The molecule has 9 heteroatoms. The highest BCUT2D eigenvalue weighted by Crippen LogP contribution is 2.25. The number of nitrogens with zero attached hydrogens (tertiary/aromatic N) is 2. The molecule has 0 saturated heterocycles. The summed E-state index contributed by atoms with van der Waals surface area (Å²) >= 11 is 0. The Hall–Kier alpha value is -3.75. The molecule has 0 fully saturated rings. The minimum absolute atomic E-state index is 0.0410. The van der Waals surface area contributed by atoms with Gasteiger partial charge in [-0.15, -0.1) is 0 Å². The van der Waals surface area contributed by atoms with Crippen LogP contribution in [0.1, 0.15) is 6.42 Å². The van der Waals surface area contributed by atoms with Crippen LogP contribution in [0.5, 0.6) is 0 Å². The molecular weight excluding hydrogens is 338 g/mol. The van der Waals surface area contributed by atoms with Gasteiger partial charge in [-0.05, 0) is 12.1 Å². The highest BCUT2D eigenvalue weighted by molar-refractivity contribution is 5.94. The molecule has 3 N–H and O–H groups in total. The smallest absolute Gasteiger partial charge is 0.325 e. The van der Waals surface area contributed by atoms with Gasteiger partial charge in [0.2, 0.25) is 5.91 Å². The van der Waals surface area contributed by atoms with Gasteiger partial charge in [0, 0.05) is 36.9 Å². The number of carbonyl (C=O) groups is 1. The number of rotatable bonds is 5. The molecule has 0 aliphatic carbocycles. The quantitative estimate of drug-likeness (QED) is 0.608. The van der Waals surface area contributed by atoms with Crippen molar-refractivity contribution in [2.75, 3.05) is 5.32 Å². The van der Waals surface area contributed by atoms with Gasteiger partial charge < -0.3 is 9.88 Å². The highest BCUT2D eigenvalue weighted by atomic mass is 16.2.